The zero-order chi connectivity index (χ0) is 17.9. The second-order valence-electron chi connectivity index (χ2n) is 5.74. The van der Waals surface area contributed by atoms with Gasteiger partial charge in [-0.2, -0.15) is 0 Å². The van der Waals surface area contributed by atoms with Crippen LogP contribution in [0.5, 0.6) is 0 Å². The van der Waals surface area contributed by atoms with Crippen LogP contribution in [0.1, 0.15) is 31.2 Å². The number of nitro groups is 1. The lowest BCUT2D eigenvalue weighted by molar-refractivity contribution is -0.532. The van der Waals surface area contributed by atoms with Gasteiger partial charge in [0, 0.05) is 26.8 Å². The molecule has 0 aliphatic heterocycles. The lowest BCUT2D eigenvalue weighted by Gasteiger charge is -2.21. The molecule has 0 aromatic heterocycles. The first kappa shape index (κ1) is 18.7. The number of carbonyl (C=O) groups excluding carboxylic acids is 2. The van der Waals surface area contributed by atoms with E-state index in [0.29, 0.717) is 11.8 Å². The molecule has 1 aliphatic rings. The predicted octanol–water partition coefficient (Wildman–Crippen LogP) is 3.51. The van der Waals surface area contributed by atoms with Crippen molar-refractivity contribution >= 4 is 35.5 Å². The average molecular weight is 374 g/mol. The van der Waals surface area contributed by atoms with Gasteiger partial charge in [-0.1, -0.05) is 29.3 Å². The van der Waals surface area contributed by atoms with E-state index < -0.39 is 34.7 Å². The van der Waals surface area contributed by atoms with Crippen LogP contribution in [-0.4, -0.2) is 29.8 Å². The normalized spacial score (nSPS) is 26.1. The minimum Gasteiger partial charge on any atom is -0.466 e. The van der Waals surface area contributed by atoms with Crippen molar-refractivity contribution in [2.75, 3.05) is 6.61 Å². The third-order valence-corrected chi connectivity index (χ3v) is 5.03. The molecule has 0 unspecified atom stereocenters. The first-order chi connectivity index (χ1) is 11.4. The molecule has 0 amide bonds. The predicted molar refractivity (Wildman–Crippen MR) is 88.9 cm³/mol. The van der Waals surface area contributed by atoms with Gasteiger partial charge < -0.3 is 9.53 Å². The highest BCUT2D eigenvalue weighted by Gasteiger charge is 2.53. The minimum atomic E-state index is -1.12. The van der Waals surface area contributed by atoms with E-state index in [1.807, 2.05) is 0 Å². The molecule has 130 valence electrons. The zero-order valence-electron chi connectivity index (χ0n) is 13.0. The van der Waals surface area contributed by atoms with Crippen LogP contribution >= 0.6 is 23.2 Å². The Morgan fingerprint density at radius 1 is 1.42 bits per heavy atom. The quantitative estimate of drug-likeness (QED) is 0.329. The maximum absolute atomic E-state index is 11.8. The Morgan fingerprint density at radius 2 is 2.04 bits per heavy atom. The van der Waals surface area contributed by atoms with E-state index in [-0.39, 0.29) is 29.5 Å². The largest absolute Gasteiger partial charge is 0.466 e. The van der Waals surface area contributed by atoms with E-state index >= 15 is 0 Å². The molecule has 1 aromatic carbocycles. The van der Waals surface area contributed by atoms with Crippen molar-refractivity contribution in [3.05, 3.63) is 43.9 Å². The van der Waals surface area contributed by atoms with Gasteiger partial charge in [-0.15, -0.1) is 0 Å². The van der Waals surface area contributed by atoms with Gasteiger partial charge in [0.05, 0.1) is 18.9 Å². The summed E-state index contributed by atoms with van der Waals surface area (Å²) in [7, 11) is 0. The Morgan fingerprint density at radius 3 is 2.54 bits per heavy atom. The number of halogens is 2. The molecule has 0 radical (unpaired) electrons. The van der Waals surface area contributed by atoms with Gasteiger partial charge in [0.2, 0.25) is 6.04 Å². The average Bonchev–Trinajstić information content (AvgIpc) is 2.85. The van der Waals surface area contributed by atoms with Crippen LogP contribution < -0.4 is 0 Å². The molecular weight excluding hydrogens is 357 g/mol. The molecule has 1 aromatic rings. The van der Waals surface area contributed by atoms with Crippen molar-refractivity contribution in [1.29, 1.82) is 0 Å². The molecule has 1 fully saturated rings. The molecule has 24 heavy (non-hydrogen) atoms. The summed E-state index contributed by atoms with van der Waals surface area (Å²) in [5.41, 5.74) is 0.394. The molecule has 0 bridgehead atoms. The van der Waals surface area contributed by atoms with E-state index in [1.54, 1.807) is 25.1 Å². The summed E-state index contributed by atoms with van der Waals surface area (Å²) in [4.78, 5) is 34.5. The zero-order valence-corrected chi connectivity index (χ0v) is 14.5. The molecule has 2 rings (SSSR count). The van der Waals surface area contributed by atoms with Crippen LogP contribution in [0.2, 0.25) is 10.0 Å². The molecule has 0 N–H and O–H groups in total. The highest BCUT2D eigenvalue weighted by Crippen LogP contribution is 2.49. The van der Waals surface area contributed by atoms with E-state index in [4.69, 9.17) is 27.9 Å². The lowest BCUT2D eigenvalue weighted by atomic mass is 9.86. The molecular formula is C16H17Cl2NO5. The fourth-order valence-electron chi connectivity index (χ4n) is 3.48. The van der Waals surface area contributed by atoms with Gasteiger partial charge in [0.15, 0.2) is 0 Å². The minimum absolute atomic E-state index is 0.109. The Bertz CT molecular complexity index is 631. The number of carbonyl (C=O) groups is 2. The SMILES string of the molecule is CCOC(=O)C[C@H]1C[C@@H](C=O)[C@H](c2c(Cl)cccc2Cl)[C@H]1[N+](=O)[O-]. The third-order valence-electron chi connectivity index (χ3n) is 4.37. The highest BCUT2D eigenvalue weighted by molar-refractivity contribution is 6.36. The van der Waals surface area contributed by atoms with Crippen molar-refractivity contribution in [3.63, 3.8) is 0 Å². The number of nitrogens with zero attached hydrogens (tertiary/aromatic N) is 1. The summed E-state index contributed by atoms with van der Waals surface area (Å²) < 4.78 is 4.89. The van der Waals surface area contributed by atoms with Crippen LogP contribution in [0.4, 0.5) is 0 Å². The molecule has 1 saturated carbocycles. The first-order valence-corrected chi connectivity index (χ1v) is 8.34. The third kappa shape index (κ3) is 3.70. The van der Waals surface area contributed by atoms with Crippen LogP contribution in [-0.2, 0) is 14.3 Å². The second kappa shape index (κ2) is 7.94. The van der Waals surface area contributed by atoms with E-state index in [0.717, 1.165) is 0 Å². The summed E-state index contributed by atoms with van der Waals surface area (Å²) in [6.45, 7) is 1.86. The highest BCUT2D eigenvalue weighted by atomic mass is 35.5. The second-order valence-corrected chi connectivity index (χ2v) is 6.56. The molecule has 8 heteroatoms. The smallest absolute Gasteiger partial charge is 0.306 e. The van der Waals surface area contributed by atoms with Crippen molar-refractivity contribution in [1.82, 2.24) is 0 Å². The van der Waals surface area contributed by atoms with Gasteiger partial charge >= 0.3 is 5.97 Å². The molecule has 6 nitrogen and oxygen atoms in total. The van der Waals surface area contributed by atoms with E-state index in [2.05, 4.69) is 0 Å². The molecule has 4 atom stereocenters. The van der Waals surface area contributed by atoms with Gasteiger partial charge in [-0.05, 0) is 31.0 Å². The van der Waals surface area contributed by atoms with Crippen molar-refractivity contribution < 1.29 is 19.2 Å². The summed E-state index contributed by atoms with van der Waals surface area (Å²) >= 11 is 12.4. The van der Waals surface area contributed by atoms with Crippen LogP contribution in [0.15, 0.2) is 18.2 Å². The Hall–Kier alpha value is -1.66. The Balaban J connectivity index is 2.42. The number of aldehydes is 1. The fraction of sp³-hybridized carbons (Fsp3) is 0.500. The fourth-order valence-corrected chi connectivity index (χ4v) is 4.13. The van der Waals surface area contributed by atoms with Gasteiger partial charge in [0.1, 0.15) is 6.29 Å². The van der Waals surface area contributed by atoms with E-state index in [1.165, 1.54) is 0 Å². The van der Waals surface area contributed by atoms with Gasteiger partial charge in [0.25, 0.3) is 0 Å². The number of rotatable bonds is 6. The summed E-state index contributed by atoms with van der Waals surface area (Å²) in [6, 6.07) is 3.68. The van der Waals surface area contributed by atoms with Crippen LogP contribution in [0.25, 0.3) is 0 Å². The first-order valence-electron chi connectivity index (χ1n) is 7.59. The molecule has 0 heterocycles. The molecule has 1 aliphatic carbocycles. The summed E-state index contributed by atoms with van der Waals surface area (Å²) in [6.07, 6.45) is 0.800. The summed E-state index contributed by atoms with van der Waals surface area (Å²) in [5, 5.41) is 12.2. The van der Waals surface area contributed by atoms with Gasteiger partial charge in [-0.3, -0.25) is 14.9 Å². The standard InChI is InChI=1S/C16H17Cl2NO5/c1-2-24-13(21)7-9-6-10(8-20)14(16(9)19(22)23)15-11(17)4-3-5-12(15)18/h3-5,8-10,14,16H,2,6-7H2,1H3/t9-,10+,14-,16+/m1/s1. The van der Waals surface area contributed by atoms with Crippen molar-refractivity contribution in [3.8, 4) is 0 Å². The number of ether oxygens (including phenoxy) is 1. The number of hydrogen-bond acceptors (Lipinski definition) is 5. The summed E-state index contributed by atoms with van der Waals surface area (Å²) in [5.74, 6) is -2.51. The maximum atomic E-state index is 11.8. The topological polar surface area (TPSA) is 86.5 Å². The maximum Gasteiger partial charge on any atom is 0.306 e. The van der Waals surface area contributed by atoms with Gasteiger partial charge in [-0.25, -0.2) is 0 Å². The lowest BCUT2D eigenvalue weighted by Crippen LogP contribution is -2.32. The monoisotopic (exact) mass is 373 g/mol. The van der Waals surface area contributed by atoms with Crippen molar-refractivity contribution in [2.24, 2.45) is 11.8 Å². The number of hydrogen-bond donors (Lipinski definition) is 0. The number of benzene rings is 1. The molecule has 0 saturated heterocycles. The van der Waals surface area contributed by atoms with Crippen LogP contribution in [0.3, 0.4) is 0 Å². The molecule has 0 spiro atoms. The van der Waals surface area contributed by atoms with Crippen molar-refractivity contribution in [2.45, 2.75) is 31.7 Å². The Kier molecular flexibility index (Phi) is 6.18. The van der Waals surface area contributed by atoms with E-state index in [9.17, 15) is 19.7 Å². The van der Waals surface area contributed by atoms with Crippen LogP contribution in [0, 0.1) is 22.0 Å². The Labute approximate surface area is 149 Å². The number of esters is 1.